The first-order valence-electron chi connectivity index (χ1n) is 5.54. The summed E-state index contributed by atoms with van der Waals surface area (Å²) in [6, 6.07) is 0.210. The van der Waals surface area contributed by atoms with Gasteiger partial charge < -0.3 is 4.57 Å². The Kier molecular flexibility index (Phi) is 2.92. The SMILES string of the molecule is Cc1ncc(F)c(-c2cnc(C)n2C(C)C)n1. The van der Waals surface area contributed by atoms with Crippen molar-refractivity contribution in [2.45, 2.75) is 33.7 Å². The summed E-state index contributed by atoms with van der Waals surface area (Å²) in [5.74, 6) is 0.985. The fraction of sp³-hybridized carbons (Fsp3) is 0.417. The molecule has 0 bridgehead atoms. The summed E-state index contributed by atoms with van der Waals surface area (Å²) >= 11 is 0. The van der Waals surface area contributed by atoms with Crippen LogP contribution in [0.1, 0.15) is 31.5 Å². The maximum atomic E-state index is 13.7. The van der Waals surface area contributed by atoms with Crippen LogP contribution in [0.2, 0.25) is 0 Å². The fourth-order valence-corrected chi connectivity index (χ4v) is 1.92. The highest BCUT2D eigenvalue weighted by Gasteiger charge is 2.16. The molecule has 0 fully saturated rings. The first-order valence-corrected chi connectivity index (χ1v) is 5.54. The van der Waals surface area contributed by atoms with Gasteiger partial charge in [-0.1, -0.05) is 0 Å². The molecule has 0 spiro atoms. The molecule has 0 unspecified atom stereocenters. The van der Waals surface area contributed by atoms with Crippen LogP contribution in [0, 0.1) is 19.7 Å². The maximum Gasteiger partial charge on any atom is 0.169 e. The van der Waals surface area contributed by atoms with E-state index in [-0.39, 0.29) is 6.04 Å². The van der Waals surface area contributed by atoms with Crippen molar-refractivity contribution >= 4 is 0 Å². The van der Waals surface area contributed by atoms with Gasteiger partial charge in [0.15, 0.2) is 5.82 Å². The third-order valence-corrected chi connectivity index (χ3v) is 2.61. The van der Waals surface area contributed by atoms with Crippen LogP contribution in [-0.4, -0.2) is 19.5 Å². The molecule has 2 aromatic heterocycles. The van der Waals surface area contributed by atoms with Gasteiger partial charge in [-0.25, -0.2) is 19.3 Å². The van der Waals surface area contributed by atoms with E-state index >= 15 is 0 Å². The number of hydrogen-bond acceptors (Lipinski definition) is 3. The summed E-state index contributed by atoms with van der Waals surface area (Å²) in [7, 11) is 0. The smallest absolute Gasteiger partial charge is 0.169 e. The lowest BCUT2D eigenvalue weighted by molar-refractivity contribution is 0.577. The molecule has 0 aliphatic carbocycles. The molecule has 90 valence electrons. The van der Waals surface area contributed by atoms with Crippen molar-refractivity contribution < 1.29 is 4.39 Å². The van der Waals surface area contributed by atoms with E-state index in [0.29, 0.717) is 17.2 Å². The molecule has 0 saturated heterocycles. The predicted octanol–water partition coefficient (Wildman–Crippen LogP) is 2.68. The zero-order valence-corrected chi connectivity index (χ0v) is 10.4. The number of nitrogens with zero attached hydrogens (tertiary/aromatic N) is 4. The molecule has 0 amide bonds. The maximum absolute atomic E-state index is 13.7. The molecule has 0 aliphatic heterocycles. The Balaban J connectivity index is 2.64. The Morgan fingerprint density at radius 1 is 1.18 bits per heavy atom. The van der Waals surface area contributed by atoms with E-state index < -0.39 is 5.82 Å². The number of rotatable bonds is 2. The number of aryl methyl sites for hydroxylation is 2. The lowest BCUT2D eigenvalue weighted by Crippen LogP contribution is -2.07. The molecule has 4 nitrogen and oxygen atoms in total. The van der Waals surface area contributed by atoms with Gasteiger partial charge in [-0.15, -0.1) is 0 Å². The topological polar surface area (TPSA) is 43.6 Å². The second-order valence-electron chi connectivity index (χ2n) is 4.27. The molecule has 0 aromatic carbocycles. The molecule has 17 heavy (non-hydrogen) atoms. The lowest BCUT2D eigenvalue weighted by Gasteiger charge is -2.14. The molecule has 0 atom stereocenters. The van der Waals surface area contributed by atoms with E-state index in [1.807, 2.05) is 25.3 Å². The Morgan fingerprint density at radius 3 is 2.53 bits per heavy atom. The van der Waals surface area contributed by atoms with E-state index in [1.165, 1.54) is 6.20 Å². The van der Waals surface area contributed by atoms with E-state index in [9.17, 15) is 4.39 Å². The second kappa shape index (κ2) is 4.24. The average Bonchev–Trinajstić information content (AvgIpc) is 2.64. The highest BCUT2D eigenvalue weighted by Crippen LogP contribution is 2.24. The number of imidazole rings is 1. The third kappa shape index (κ3) is 2.05. The van der Waals surface area contributed by atoms with Gasteiger partial charge in [-0.3, -0.25) is 0 Å². The summed E-state index contributed by atoms with van der Waals surface area (Å²) in [4.78, 5) is 12.2. The van der Waals surface area contributed by atoms with E-state index in [2.05, 4.69) is 15.0 Å². The van der Waals surface area contributed by atoms with E-state index in [4.69, 9.17) is 0 Å². The van der Waals surface area contributed by atoms with Crippen LogP contribution < -0.4 is 0 Å². The predicted molar refractivity (Wildman–Crippen MR) is 63.1 cm³/mol. The minimum atomic E-state index is -0.419. The van der Waals surface area contributed by atoms with Gasteiger partial charge in [0.25, 0.3) is 0 Å². The largest absolute Gasteiger partial charge is 0.324 e. The van der Waals surface area contributed by atoms with Crippen LogP contribution in [-0.2, 0) is 0 Å². The Labute approximate surface area is 99.6 Å². The lowest BCUT2D eigenvalue weighted by atomic mass is 10.2. The minimum absolute atomic E-state index is 0.210. The van der Waals surface area contributed by atoms with Gasteiger partial charge >= 0.3 is 0 Å². The van der Waals surface area contributed by atoms with Gasteiger partial charge in [0.2, 0.25) is 0 Å². The zero-order valence-electron chi connectivity index (χ0n) is 10.4. The molecule has 5 heteroatoms. The van der Waals surface area contributed by atoms with Gasteiger partial charge in [0, 0.05) is 6.04 Å². The molecule has 2 heterocycles. The first-order chi connectivity index (χ1) is 8.00. The number of halogens is 1. The van der Waals surface area contributed by atoms with Crippen LogP contribution in [0.5, 0.6) is 0 Å². The van der Waals surface area contributed by atoms with Gasteiger partial charge in [0.05, 0.1) is 18.1 Å². The van der Waals surface area contributed by atoms with Crippen molar-refractivity contribution in [2.75, 3.05) is 0 Å². The van der Waals surface area contributed by atoms with Crippen LogP contribution in [0.3, 0.4) is 0 Å². The second-order valence-corrected chi connectivity index (χ2v) is 4.27. The van der Waals surface area contributed by atoms with Crippen molar-refractivity contribution in [1.29, 1.82) is 0 Å². The molecular formula is C12H15FN4. The summed E-state index contributed by atoms with van der Waals surface area (Å²) in [6.45, 7) is 7.70. The molecule has 0 aliphatic rings. The van der Waals surface area contributed by atoms with Crippen molar-refractivity contribution in [2.24, 2.45) is 0 Å². The van der Waals surface area contributed by atoms with Crippen molar-refractivity contribution in [3.05, 3.63) is 29.9 Å². The van der Waals surface area contributed by atoms with Gasteiger partial charge in [-0.2, -0.15) is 0 Å². The molecule has 0 radical (unpaired) electrons. The van der Waals surface area contributed by atoms with E-state index in [1.54, 1.807) is 13.1 Å². The van der Waals surface area contributed by atoms with Crippen LogP contribution >= 0.6 is 0 Å². The van der Waals surface area contributed by atoms with E-state index in [0.717, 1.165) is 5.82 Å². The Hall–Kier alpha value is -1.78. The Morgan fingerprint density at radius 2 is 1.88 bits per heavy atom. The fourth-order valence-electron chi connectivity index (χ4n) is 1.92. The molecule has 0 saturated carbocycles. The average molecular weight is 234 g/mol. The highest BCUT2D eigenvalue weighted by atomic mass is 19.1. The quantitative estimate of drug-likeness (QED) is 0.802. The first kappa shape index (κ1) is 11.7. The Bertz CT molecular complexity index is 545. The zero-order chi connectivity index (χ0) is 12.6. The van der Waals surface area contributed by atoms with Crippen molar-refractivity contribution in [3.8, 4) is 11.4 Å². The summed E-state index contributed by atoms with van der Waals surface area (Å²) in [6.07, 6.45) is 2.85. The minimum Gasteiger partial charge on any atom is -0.324 e. The van der Waals surface area contributed by atoms with Gasteiger partial charge in [0.1, 0.15) is 17.3 Å². The molecule has 0 N–H and O–H groups in total. The number of hydrogen-bond donors (Lipinski definition) is 0. The molecular weight excluding hydrogens is 219 g/mol. The van der Waals surface area contributed by atoms with Crippen molar-refractivity contribution in [3.63, 3.8) is 0 Å². The monoisotopic (exact) mass is 234 g/mol. The van der Waals surface area contributed by atoms with Crippen LogP contribution in [0.15, 0.2) is 12.4 Å². The molecule has 2 aromatic rings. The molecule has 2 rings (SSSR count). The summed E-state index contributed by atoms with van der Waals surface area (Å²) in [5, 5.41) is 0. The third-order valence-electron chi connectivity index (χ3n) is 2.61. The van der Waals surface area contributed by atoms with Crippen LogP contribution in [0.25, 0.3) is 11.4 Å². The van der Waals surface area contributed by atoms with Gasteiger partial charge in [-0.05, 0) is 27.7 Å². The number of aromatic nitrogens is 4. The summed E-state index contributed by atoms with van der Waals surface area (Å²) in [5.41, 5.74) is 1.01. The summed E-state index contributed by atoms with van der Waals surface area (Å²) < 4.78 is 15.7. The normalized spacial score (nSPS) is 11.2. The highest BCUT2D eigenvalue weighted by molar-refractivity contribution is 5.55. The standard InChI is InChI=1S/C12H15FN4/c1-7(2)17-9(4)15-6-11(17)12-10(13)5-14-8(3)16-12/h5-7H,1-4H3. The van der Waals surface area contributed by atoms with Crippen LogP contribution in [0.4, 0.5) is 4.39 Å². The van der Waals surface area contributed by atoms with Crippen molar-refractivity contribution in [1.82, 2.24) is 19.5 Å².